The fraction of sp³-hybridized carbons (Fsp3) is 0.500. The van der Waals surface area contributed by atoms with Gasteiger partial charge in [-0.2, -0.15) is 0 Å². The number of hydrogen-bond donors (Lipinski definition) is 2. The Labute approximate surface area is 119 Å². The van der Waals surface area contributed by atoms with Gasteiger partial charge in [-0.1, -0.05) is 6.07 Å². The molecule has 0 radical (unpaired) electrons. The topological polar surface area (TPSA) is 50.4 Å². The Balaban J connectivity index is 0.00000133. The van der Waals surface area contributed by atoms with Crippen molar-refractivity contribution in [3.63, 3.8) is 0 Å². The first-order valence-corrected chi connectivity index (χ1v) is 6.51. The largest absolute Gasteiger partial charge is 0.372 e. The maximum absolute atomic E-state index is 12.0. The summed E-state index contributed by atoms with van der Waals surface area (Å²) in [4.78, 5) is 12.0. The van der Waals surface area contributed by atoms with Crippen LogP contribution in [0.15, 0.2) is 18.2 Å². The van der Waals surface area contributed by atoms with Crippen LogP contribution in [0.1, 0.15) is 27.9 Å². The van der Waals surface area contributed by atoms with E-state index in [2.05, 4.69) is 10.6 Å². The molecule has 1 fully saturated rings. The van der Waals surface area contributed by atoms with Gasteiger partial charge in [-0.15, -0.1) is 12.4 Å². The highest BCUT2D eigenvalue weighted by molar-refractivity contribution is 5.94. The van der Waals surface area contributed by atoms with E-state index in [0.29, 0.717) is 19.1 Å². The van der Waals surface area contributed by atoms with E-state index in [1.54, 1.807) is 0 Å². The van der Waals surface area contributed by atoms with E-state index in [9.17, 15) is 4.79 Å². The van der Waals surface area contributed by atoms with Crippen LogP contribution in [0.4, 0.5) is 0 Å². The second-order valence-corrected chi connectivity index (χ2v) is 5.05. The van der Waals surface area contributed by atoms with E-state index in [1.807, 2.05) is 18.2 Å². The number of ether oxygens (including phenoxy) is 1. The van der Waals surface area contributed by atoms with Gasteiger partial charge in [0.1, 0.15) is 0 Å². The summed E-state index contributed by atoms with van der Waals surface area (Å²) in [5.41, 5.74) is 3.09. The van der Waals surface area contributed by atoms with Crippen molar-refractivity contribution < 1.29 is 9.53 Å². The molecule has 1 unspecified atom stereocenters. The number of rotatable bonds is 3. The van der Waals surface area contributed by atoms with Gasteiger partial charge in [0.25, 0.3) is 5.91 Å². The van der Waals surface area contributed by atoms with Crippen molar-refractivity contribution in [3.05, 3.63) is 34.9 Å². The quantitative estimate of drug-likeness (QED) is 0.883. The smallest absolute Gasteiger partial charge is 0.251 e. The number of hydrogen-bond acceptors (Lipinski definition) is 3. The third kappa shape index (κ3) is 3.26. The summed E-state index contributed by atoms with van der Waals surface area (Å²) in [5, 5.41) is 6.31. The zero-order valence-corrected chi connectivity index (χ0v) is 11.6. The lowest BCUT2D eigenvalue weighted by Gasteiger charge is -2.10. The third-order valence-corrected chi connectivity index (χ3v) is 3.70. The second-order valence-electron chi connectivity index (χ2n) is 5.05. The van der Waals surface area contributed by atoms with Crippen molar-refractivity contribution >= 4 is 18.3 Å². The summed E-state index contributed by atoms with van der Waals surface area (Å²) in [6.45, 7) is 4.14. The Hall–Kier alpha value is -1.10. The first-order valence-electron chi connectivity index (χ1n) is 6.51. The van der Waals surface area contributed by atoms with Crippen molar-refractivity contribution in [2.24, 2.45) is 5.92 Å². The lowest BCUT2D eigenvalue weighted by molar-refractivity contribution is 0.0948. The van der Waals surface area contributed by atoms with Gasteiger partial charge in [0, 0.05) is 12.1 Å². The molecule has 0 bridgehead atoms. The van der Waals surface area contributed by atoms with E-state index in [1.165, 1.54) is 5.56 Å². The van der Waals surface area contributed by atoms with E-state index in [4.69, 9.17) is 4.74 Å². The summed E-state index contributed by atoms with van der Waals surface area (Å²) in [6, 6.07) is 5.83. The summed E-state index contributed by atoms with van der Waals surface area (Å²) >= 11 is 0. The van der Waals surface area contributed by atoms with Crippen LogP contribution in [0.25, 0.3) is 0 Å². The standard InChI is InChI=1S/C14H18N2O2.ClH/c17-14(16-7-10-3-4-15-6-10)11-1-2-12-8-18-9-13(12)5-11;/h1-2,5,10,15H,3-4,6-9H2,(H,16,17);1H. The molecule has 1 aromatic carbocycles. The summed E-state index contributed by atoms with van der Waals surface area (Å²) < 4.78 is 5.35. The number of fused-ring (bicyclic) bond motifs is 1. The Bertz CT molecular complexity index is 459. The summed E-state index contributed by atoms with van der Waals surface area (Å²) in [5.74, 6) is 0.600. The number of halogens is 1. The second kappa shape index (κ2) is 6.37. The maximum Gasteiger partial charge on any atom is 0.251 e. The fourth-order valence-electron chi connectivity index (χ4n) is 2.54. The number of carbonyl (C=O) groups excluding carboxylic acids is 1. The lowest BCUT2D eigenvalue weighted by atomic mass is 10.1. The van der Waals surface area contributed by atoms with Crippen molar-refractivity contribution in [3.8, 4) is 0 Å². The predicted molar refractivity (Wildman–Crippen MR) is 75.5 cm³/mol. The molecule has 4 nitrogen and oxygen atoms in total. The molecule has 104 valence electrons. The van der Waals surface area contributed by atoms with Crippen LogP contribution in [-0.2, 0) is 18.0 Å². The van der Waals surface area contributed by atoms with Crippen LogP contribution in [0.5, 0.6) is 0 Å². The normalized spacial score (nSPS) is 20.7. The number of nitrogens with one attached hydrogen (secondary N) is 2. The molecular formula is C14H19ClN2O2. The highest BCUT2D eigenvalue weighted by Crippen LogP contribution is 2.20. The summed E-state index contributed by atoms with van der Waals surface area (Å²) in [7, 11) is 0. The first kappa shape index (κ1) is 14.3. The van der Waals surface area contributed by atoms with Gasteiger partial charge in [0.15, 0.2) is 0 Å². The number of amides is 1. The minimum absolute atomic E-state index is 0. The molecule has 1 atom stereocenters. The molecule has 0 aromatic heterocycles. The van der Waals surface area contributed by atoms with Gasteiger partial charge in [0.05, 0.1) is 13.2 Å². The van der Waals surface area contributed by atoms with E-state index < -0.39 is 0 Å². The highest BCUT2D eigenvalue weighted by Gasteiger charge is 2.17. The number of carbonyl (C=O) groups is 1. The molecule has 5 heteroatoms. The molecule has 19 heavy (non-hydrogen) atoms. The Kier molecular flexibility index (Phi) is 4.80. The molecule has 1 amide bonds. The molecule has 2 heterocycles. The van der Waals surface area contributed by atoms with Crippen molar-refractivity contribution in [1.82, 2.24) is 10.6 Å². The van der Waals surface area contributed by atoms with Crippen LogP contribution in [0, 0.1) is 5.92 Å². The van der Waals surface area contributed by atoms with Crippen LogP contribution in [0.3, 0.4) is 0 Å². The molecule has 2 aliphatic heterocycles. The molecule has 1 saturated heterocycles. The van der Waals surface area contributed by atoms with Crippen LogP contribution in [-0.4, -0.2) is 25.5 Å². The minimum Gasteiger partial charge on any atom is -0.372 e. The van der Waals surface area contributed by atoms with E-state index in [-0.39, 0.29) is 18.3 Å². The molecule has 1 aromatic rings. The van der Waals surface area contributed by atoms with Gasteiger partial charge < -0.3 is 15.4 Å². The molecule has 2 aliphatic rings. The molecule has 3 rings (SSSR count). The molecule has 0 spiro atoms. The van der Waals surface area contributed by atoms with Gasteiger partial charge in [0.2, 0.25) is 0 Å². The van der Waals surface area contributed by atoms with Crippen LogP contribution < -0.4 is 10.6 Å². The van der Waals surface area contributed by atoms with Gasteiger partial charge in [-0.3, -0.25) is 4.79 Å². The van der Waals surface area contributed by atoms with Crippen LogP contribution >= 0.6 is 12.4 Å². The average molecular weight is 283 g/mol. The van der Waals surface area contributed by atoms with Crippen molar-refractivity contribution in [2.75, 3.05) is 19.6 Å². The predicted octanol–water partition coefficient (Wildman–Crippen LogP) is 1.48. The summed E-state index contributed by atoms with van der Waals surface area (Å²) in [6.07, 6.45) is 1.15. The Morgan fingerprint density at radius 1 is 1.37 bits per heavy atom. The molecule has 2 N–H and O–H groups in total. The van der Waals surface area contributed by atoms with Crippen molar-refractivity contribution in [1.29, 1.82) is 0 Å². The fourth-order valence-corrected chi connectivity index (χ4v) is 2.54. The SMILES string of the molecule is Cl.O=C(NCC1CCNC1)c1ccc2c(c1)COC2. The van der Waals surface area contributed by atoms with Crippen molar-refractivity contribution in [2.45, 2.75) is 19.6 Å². The molecule has 0 saturated carbocycles. The number of benzene rings is 1. The van der Waals surface area contributed by atoms with Gasteiger partial charge in [-0.25, -0.2) is 0 Å². The Morgan fingerprint density at radius 2 is 2.21 bits per heavy atom. The first-order chi connectivity index (χ1) is 8.83. The maximum atomic E-state index is 12.0. The highest BCUT2D eigenvalue weighted by atomic mass is 35.5. The zero-order chi connectivity index (χ0) is 12.4. The lowest BCUT2D eigenvalue weighted by Crippen LogP contribution is -2.30. The zero-order valence-electron chi connectivity index (χ0n) is 10.8. The van der Waals surface area contributed by atoms with E-state index >= 15 is 0 Å². The minimum atomic E-state index is 0. The third-order valence-electron chi connectivity index (χ3n) is 3.70. The van der Waals surface area contributed by atoms with Crippen LogP contribution in [0.2, 0.25) is 0 Å². The average Bonchev–Trinajstić information content (AvgIpc) is 3.05. The van der Waals surface area contributed by atoms with E-state index in [0.717, 1.165) is 37.2 Å². The van der Waals surface area contributed by atoms with Gasteiger partial charge >= 0.3 is 0 Å². The molecule has 0 aliphatic carbocycles. The monoisotopic (exact) mass is 282 g/mol. The van der Waals surface area contributed by atoms with Gasteiger partial charge in [-0.05, 0) is 48.7 Å². The molecular weight excluding hydrogens is 264 g/mol. The Morgan fingerprint density at radius 3 is 3.00 bits per heavy atom.